The number of hydrogen-bond donors (Lipinski definition) is 1. The molecule has 0 spiro atoms. The monoisotopic (exact) mass is 321 g/mol. The molecule has 1 aromatic carbocycles. The van der Waals surface area contributed by atoms with Crippen LogP contribution in [0.1, 0.15) is 33.1 Å². The smallest absolute Gasteiger partial charge is 0.179 e. The maximum Gasteiger partial charge on any atom is 0.179 e. The standard InChI is InChI=1S/C14H21ClFNO2S/c1-3-5-11(17-8-4-2)10-20(18,19)12-6-7-14(16)13(15)9-12/h6-7,9,11,17H,3-5,8,10H2,1-2H3. The van der Waals surface area contributed by atoms with E-state index < -0.39 is 15.7 Å². The molecule has 0 aliphatic carbocycles. The minimum Gasteiger partial charge on any atom is -0.313 e. The van der Waals surface area contributed by atoms with E-state index in [1.54, 1.807) is 0 Å². The Morgan fingerprint density at radius 3 is 2.55 bits per heavy atom. The third-order valence-electron chi connectivity index (χ3n) is 2.99. The number of benzene rings is 1. The lowest BCUT2D eigenvalue weighted by Gasteiger charge is -2.18. The molecule has 6 heteroatoms. The van der Waals surface area contributed by atoms with Gasteiger partial charge in [-0.25, -0.2) is 12.8 Å². The second-order valence-corrected chi connectivity index (χ2v) is 7.24. The lowest BCUT2D eigenvalue weighted by Crippen LogP contribution is -2.36. The van der Waals surface area contributed by atoms with Gasteiger partial charge in [0.25, 0.3) is 0 Å². The summed E-state index contributed by atoms with van der Waals surface area (Å²) < 4.78 is 37.7. The maximum atomic E-state index is 13.1. The molecule has 0 saturated carbocycles. The van der Waals surface area contributed by atoms with E-state index in [2.05, 4.69) is 5.32 Å². The first-order valence-corrected chi connectivity index (χ1v) is 8.85. The normalized spacial score (nSPS) is 13.4. The van der Waals surface area contributed by atoms with Crippen molar-refractivity contribution in [3.05, 3.63) is 29.0 Å². The summed E-state index contributed by atoms with van der Waals surface area (Å²) in [5.74, 6) is -0.608. The second kappa shape index (κ2) is 7.96. The van der Waals surface area contributed by atoms with Crippen LogP contribution in [0.3, 0.4) is 0 Å². The minimum atomic E-state index is -3.46. The molecule has 0 fully saturated rings. The van der Waals surface area contributed by atoms with Gasteiger partial charge in [-0.05, 0) is 37.6 Å². The van der Waals surface area contributed by atoms with Crippen molar-refractivity contribution < 1.29 is 12.8 Å². The van der Waals surface area contributed by atoms with E-state index in [1.165, 1.54) is 12.1 Å². The quantitative estimate of drug-likeness (QED) is 0.746. The van der Waals surface area contributed by atoms with Gasteiger partial charge in [-0.15, -0.1) is 0 Å². The summed E-state index contributed by atoms with van der Waals surface area (Å²) in [4.78, 5) is 0.0725. The van der Waals surface area contributed by atoms with Crippen molar-refractivity contribution in [3.63, 3.8) is 0 Å². The molecular weight excluding hydrogens is 301 g/mol. The van der Waals surface area contributed by atoms with Crippen LogP contribution in [0.25, 0.3) is 0 Å². The Morgan fingerprint density at radius 1 is 1.30 bits per heavy atom. The molecule has 0 aromatic heterocycles. The van der Waals surface area contributed by atoms with Gasteiger partial charge in [0.05, 0.1) is 15.7 Å². The molecule has 0 radical (unpaired) electrons. The van der Waals surface area contributed by atoms with E-state index in [4.69, 9.17) is 11.6 Å². The van der Waals surface area contributed by atoms with Crippen molar-refractivity contribution in [2.75, 3.05) is 12.3 Å². The summed E-state index contributed by atoms with van der Waals surface area (Å²) in [6, 6.07) is 3.44. The van der Waals surface area contributed by atoms with Gasteiger partial charge in [0, 0.05) is 6.04 Å². The fourth-order valence-electron chi connectivity index (χ4n) is 1.97. The molecule has 114 valence electrons. The zero-order chi connectivity index (χ0) is 15.2. The van der Waals surface area contributed by atoms with Gasteiger partial charge >= 0.3 is 0 Å². The first kappa shape index (κ1) is 17.4. The topological polar surface area (TPSA) is 46.2 Å². The van der Waals surface area contributed by atoms with Crippen LogP contribution in [0.5, 0.6) is 0 Å². The molecule has 1 N–H and O–H groups in total. The number of sulfone groups is 1. The van der Waals surface area contributed by atoms with E-state index in [0.717, 1.165) is 31.9 Å². The highest BCUT2D eigenvalue weighted by atomic mass is 35.5. The average molecular weight is 322 g/mol. The molecule has 0 aliphatic rings. The predicted octanol–water partition coefficient (Wildman–Crippen LogP) is 3.42. The number of rotatable bonds is 8. The van der Waals surface area contributed by atoms with Gasteiger partial charge in [-0.3, -0.25) is 0 Å². The third kappa shape index (κ3) is 5.04. The van der Waals surface area contributed by atoms with Crippen molar-refractivity contribution in [3.8, 4) is 0 Å². The molecule has 1 aromatic rings. The lowest BCUT2D eigenvalue weighted by molar-refractivity contribution is 0.499. The van der Waals surface area contributed by atoms with Crippen LogP contribution in [0.15, 0.2) is 23.1 Å². The highest BCUT2D eigenvalue weighted by molar-refractivity contribution is 7.91. The Balaban J connectivity index is 2.87. The van der Waals surface area contributed by atoms with E-state index in [-0.39, 0.29) is 21.7 Å². The predicted molar refractivity (Wildman–Crippen MR) is 80.5 cm³/mol. The van der Waals surface area contributed by atoms with Crippen LogP contribution >= 0.6 is 11.6 Å². The molecule has 0 bridgehead atoms. The maximum absolute atomic E-state index is 13.1. The second-order valence-electron chi connectivity index (χ2n) is 4.80. The number of hydrogen-bond acceptors (Lipinski definition) is 3. The van der Waals surface area contributed by atoms with Gasteiger partial charge in [-0.1, -0.05) is 31.9 Å². The van der Waals surface area contributed by atoms with Gasteiger partial charge in [0.15, 0.2) is 9.84 Å². The molecule has 1 atom stereocenters. The first-order valence-electron chi connectivity index (χ1n) is 6.82. The summed E-state index contributed by atoms with van der Waals surface area (Å²) >= 11 is 5.65. The summed E-state index contributed by atoms with van der Waals surface area (Å²) in [6.45, 7) is 4.83. The Morgan fingerprint density at radius 2 is 2.00 bits per heavy atom. The summed E-state index contributed by atoms with van der Waals surface area (Å²) in [7, 11) is -3.46. The number of halogens is 2. The number of nitrogens with one attached hydrogen (secondary N) is 1. The zero-order valence-electron chi connectivity index (χ0n) is 11.8. The molecular formula is C14H21ClFNO2S. The highest BCUT2D eigenvalue weighted by Crippen LogP contribution is 2.21. The molecule has 0 aliphatic heterocycles. The molecule has 0 heterocycles. The van der Waals surface area contributed by atoms with Crippen molar-refractivity contribution in [1.82, 2.24) is 5.32 Å². The summed E-state index contributed by atoms with van der Waals surface area (Å²) in [6.07, 6.45) is 2.64. The molecule has 0 amide bonds. The van der Waals surface area contributed by atoms with E-state index in [1.807, 2.05) is 13.8 Å². The van der Waals surface area contributed by atoms with E-state index in [9.17, 15) is 12.8 Å². The Kier molecular flexibility index (Phi) is 6.92. The first-order chi connectivity index (χ1) is 9.40. The van der Waals surface area contributed by atoms with Crippen LogP contribution in [-0.2, 0) is 9.84 Å². The molecule has 1 unspecified atom stereocenters. The van der Waals surface area contributed by atoms with Gasteiger partial charge in [0.1, 0.15) is 5.82 Å². The summed E-state index contributed by atoms with van der Waals surface area (Å²) in [5, 5.41) is 3.07. The molecule has 20 heavy (non-hydrogen) atoms. The van der Waals surface area contributed by atoms with Crippen LogP contribution in [-0.4, -0.2) is 26.8 Å². The largest absolute Gasteiger partial charge is 0.313 e. The van der Waals surface area contributed by atoms with Gasteiger partial charge in [-0.2, -0.15) is 0 Å². The van der Waals surface area contributed by atoms with Gasteiger partial charge in [0.2, 0.25) is 0 Å². The van der Waals surface area contributed by atoms with Crippen LogP contribution in [0, 0.1) is 5.82 Å². The van der Waals surface area contributed by atoms with Gasteiger partial charge < -0.3 is 5.32 Å². The lowest BCUT2D eigenvalue weighted by atomic mass is 10.2. The van der Waals surface area contributed by atoms with E-state index >= 15 is 0 Å². The summed E-state index contributed by atoms with van der Waals surface area (Å²) in [5.41, 5.74) is 0. The average Bonchev–Trinajstić information content (AvgIpc) is 2.39. The fourth-order valence-corrected chi connectivity index (χ4v) is 3.80. The van der Waals surface area contributed by atoms with Crippen molar-refractivity contribution in [2.45, 2.75) is 44.0 Å². The molecule has 1 rings (SSSR count). The Bertz CT molecular complexity index is 534. The van der Waals surface area contributed by atoms with Crippen molar-refractivity contribution >= 4 is 21.4 Å². The van der Waals surface area contributed by atoms with Crippen LogP contribution < -0.4 is 5.32 Å². The van der Waals surface area contributed by atoms with Crippen LogP contribution in [0.2, 0.25) is 5.02 Å². The van der Waals surface area contributed by atoms with Crippen molar-refractivity contribution in [2.24, 2.45) is 0 Å². The Labute approximate surface area is 125 Å². The molecule has 3 nitrogen and oxygen atoms in total. The molecule has 0 saturated heterocycles. The van der Waals surface area contributed by atoms with Crippen LogP contribution in [0.4, 0.5) is 4.39 Å². The van der Waals surface area contributed by atoms with E-state index in [0.29, 0.717) is 0 Å². The van der Waals surface area contributed by atoms with Crippen molar-refractivity contribution in [1.29, 1.82) is 0 Å². The Hall–Kier alpha value is -0.650. The fraction of sp³-hybridized carbons (Fsp3) is 0.571. The third-order valence-corrected chi connectivity index (χ3v) is 5.09. The minimum absolute atomic E-state index is 0.00278. The highest BCUT2D eigenvalue weighted by Gasteiger charge is 2.21. The zero-order valence-corrected chi connectivity index (χ0v) is 13.4. The SMILES string of the molecule is CCCNC(CCC)CS(=O)(=O)c1ccc(F)c(Cl)c1.